The van der Waals surface area contributed by atoms with Gasteiger partial charge in [-0.3, -0.25) is 0 Å². The summed E-state index contributed by atoms with van der Waals surface area (Å²) in [5.41, 5.74) is 1.26. The van der Waals surface area contributed by atoms with Crippen LogP contribution in [-0.2, 0) is 12.5 Å². The van der Waals surface area contributed by atoms with Crippen molar-refractivity contribution >= 4 is 23.2 Å². The monoisotopic (exact) mass is 285 g/mol. The molecule has 0 fully saturated rings. The minimum atomic E-state index is -0.314. The van der Waals surface area contributed by atoms with Gasteiger partial charge in [-0.05, 0) is 17.7 Å². The molecule has 0 aliphatic rings. The number of ether oxygens (including phenoxy) is 1. The molecule has 2 nitrogen and oxygen atoms in total. The lowest BCUT2D eigenvalue weighted by atomic mass is 10.2. The van der Waals surface area contributed by atoms with Gasteiger partial charge in [-0.2, -0.15) is 0 Å². The van der Waals surface area contributed by atoms with Crippen LogP contribution in [0.3, 0.4) is 0 Å². The van der Waals surface area contributed by atoms with Crippen LogP contribution in [0.2, 0.25) is 5.02 Å². The molecule has 0 spiro atoms. The number of rotatable bonds is 4. The second kappa shape index (κ2) is 6.03. The first-order chi connectivity index (χ1) is 8.70. The van der Waals surface area contributed by atoms with E-state index in [-0.39, 0.29) is 18.3 Å². The molecule has 1 aromatic carbocycles. The molecule has 2 aromatic rings. The molecule has 2 rings (SSSR count). The Kier molecular flexibility index (Phi) is 4.39. The van der Waals surface area contributed by atoms with Crippen molar-refractivity contribution in [2.75, 3.05) is 0 Å². The minimum absolute atomic E-state index is 0.0830. The van der Waals surface area contributed by atoms with Crippen LogP contribution in [0, 0.1) is 5.82 Å². The van der Waals surface area contributed by atoms with Crippen LogP contribution in [0.1, 0.15) is 11.1 Å². The van der Waals surface area contributed by atoms with E-state index >= 15 is 0 Å². The number of hydrogen-bond acceptors (Lipinski definition) is 2. The standard InChI is InChI=1S/C13H10Cl2FNO/c14-6-9-5-11(15)13(17-7-9)18-8-10-3-1-2-4-12(10)16/h1-5,7H,6,8H2. The number of hydrogen-bond donors (Lipinski definition) is 0. The third-order valence-corrected chi connectivity index (χ3v) is 2.92. The van der Waals surface area contributed by atoms with Gasteiger partial charge in [0.25, 0.3) is 0 Å². The predicted octanol–water partition coefficient (Wildman–Crippen LogP) is 4.19. The molecular weight excluding hydrogens is 276 g/mol. The molecule has 94 valence electrons. The van der Waals surface area contributed by atoms with Crippen LogP contribution in [-0.4, -0.2) is 4.98 Å². The molecular formula is C13H10Cl2FNO. The second-order valence-corrected chi connectivity index (χ2v) is 4.32. The Labute approximate surface area is 114 Å². The van der Waals surface area contributed by atoms with Crippen molar-refractivity contribution < 1.29 is 9.13 Å². The maximum absolute atomic E-state index is 13.4. The highest BCUT2D eigenvalue weighted by Gasteiger charge is 2.07. The molecule has 0 amide bonds. The third kappa shape index (κ3) is 3.12. The van der Waals surface area contributed by atoms with Gasteiger partial charge in [-0.25, -0.2) is 9.37 Å². The Hall–Kier alpha value is -1.32. The van der Waals surface area contributed by atoms with Crippen LogP contribution in [0.15, 0.2) is 36.5 Å². The lowest BCUT2D eigenvalue weighted by Crippen LogP contribution is -2.00. The molecule has 0 atom stereocenters. The van der Waals surface area contributed by atoms with Crippen LogP contribution >= 0.6 is 23.2 Å². The first-order valence-corrected chi connectivity index (χ1v) is 6.18. The molecule has 0 N–H and O–H groups in total. The highest BCUT2D eigenvalue weighted by Crippen LogP contribution is 2.24. The van der Waals surface area contributed by atoms with Gasteiger partial charge in [0, 0.05) is 17.6 Å². The zero-order chi connectivity index (χ0) is 13.0. The molecule has 1 heterocycles. The van der Waals surface area contributed by atoms with Crippen LogP contribution in [0.5, 0.6) is 5.88 Å². The molecule has 0 bridgehead atoms. The maximum atomic E-state index is 13.4. The molecule has 0 saturated heterocycles. The molecule has 1 aromatic heterocycles. The van der Waals surface area contributed by atoms with E-state index in [0.29, 0.717) is 16.5 Å². The lowest BCUT2D eigenvalue weighted by molar-refractivity contribution is 0.288. The molecule has 0 saturated carbocycles. The molecule has 0 radical (unpaired) electrons. The summed E-state index contributed by atoms with van der Waals surface area (Å²) in [7, 11) is 0. The van der Waals surface area contributed by atoms with E-state index < -0.39 is 0 Å². The Morgan fingerprint density at radius 3 is 2.72 bits per heavy atom. The first kappa shape index (κ1) is 13.1. The summed E-state index contributed by atoms with van der Waals surface area (Å²) in [6, 6.07) is 8.08. The van der Waals surface area contributed by atoms with E-state index in [2.05, 4.69) is 4.98 Å². The zero-order valence-corrected chi connectivity index (χ0v) is 10.9. The molecule has 18 heavy (non-hydrogen) atoms. The van der Waals surface area contributed by atoms with Crippen LogP contribution < -0.4 is 4.74 Å². The lowest BCUT2D eigenvalue weighted by Gasteiger charge is -2.08. The van der Waals surface area contributed by atoms with Crippen molar-refractivity contribution in [3.8, 4) is 5.88 Å². The Morgan fingerprint density at radius 2 is 2.06 bits per heavy atom. The zero-order valence-electron chi connectivity index (χ0n) is 9.37. The largest absolute Gasteiger partial charge is 0.472 e. The highest BCUT2D eigenvalue weighted by atomic mass is 35.5. The average Bonchev–Trinajstić information content (AvgIpc) is 2.39. The van der Waals surface area contributed by atoms with Crippen molar-refractivity contribution in [3.63, 3.8) is 0 Å². The van der Waals surface area contributed by atoms with Gasteiger partial charge in [-0.15, -0.1) is 11.6 Å². The highest BCUT2D eigenvalue weighted by molar-refractivity contribution is 6.32. The molecule has 0 aliphatic carbocycles. The number of aromatic nitrogens is 1. The van der Waals surface area contributed by atoms with Crippen molar-refractivity contribution in [1.82, 2.24) is 4.98 Å². The van der Waals surface area contributed by atoms with Gasteiger partial charge >= 0.3 is 0 Å². The van der Waals surface area contributed by atoms with Gasteiger partial charge in [0.05, 0.1) is 0 Å². The third-order valence-electron chi connectivity index (χ3n) is 2.34. The van der Waals surface area contributed by atoms with E-state index in [1.807, 2.05) is 0 Å². The van der Waals surface area contributed by atoms with Gasteiger partial charge in [0.1, 0.15) is 17.4 Å². The normalized spacial score (nSPS) is 10.4. The summed E-state index contributed by atoms with van der Waals surface area (Å²) in [6.07, 6.45) is 1.58. The van der Waals surface area contributed by atoms with E-state index in [1.165, 1.54) is 6.07 Å². The fourth-order valence-electron chi connectivity index (χ4n) is 1.41. The second-order valence-electron chi connectivity index (χ2n) is 3.64. The van der Waals surface area contributed by atoms with Crippen LogP contribution in [0.4, 0.5) is 4.39 Å². The Bertz CT molecular complexity index is 548. The van der Waals surface area contributed by atoms with Crippen molar-refractivity contribution in [2.45, 2.75) is 12.5 Å². The van der Waals surface area contributed by atoms with Gasteiger partial charge in [-0.1, -0.05) is 29.8 Å². The van der Waals surface area contributed by atoms with Crippen molar-refractivity contribution in [2.24, 2.45) is 0 Å². The molecule has 0 aliphatic heterocycles. The number of benzene rings is 1. The van der Waals surface area contributed by atoms with E-state index in [4.69, 9.17) is 27.9 Å². The summed E-state index contributed by atoms with van der Waals surface area (Å²) in [6.45, 7) is 0.0830. The van der Waals surface area contributed by atoms with Gasteiger partial charge in [0.2, 0.25) is 5.88 Å². The van der Waals surface area contributed by atoms with Gasteiger partial charge in [0.15, 0.2) is 0 Å². The fourth-order valence-corrected chi connectivity index (χ4v) is 1.80. The number of halogens is 3. The summed E-state index contributed by atoms with van der Waals surface area (Å²) < 4.78 is 18.7. The summed E-state index contributed by atoms with van der Waals surface area (Å²) in [4.78, 5) is 4.03. The Balaban J connectivity index is 2.09. The predicted molar refractivity (Wildman–Crippen MR) is 69.5 cm³/mol. The van der Waals surface area contributed by atoms with E-state index in [9.17, 15) is 4.39 Å². The summed E-state index contributed by atoms with van der Waals surface area (Å²) in [5, 5.41) is 0.365. The average molecular weight is 286 g/mol. The van der Waals surface area contributed by atoms with Gasteiger partial charge < -0.3 is 4.74 Å². The quantitative estimate of drug-likeness (QED) is 0.786. The number of pyridine rings is 1. The molecule has 0 unspecified atom stereocenters. The number of nitrogens with zero attached hydrogens (tertiary/aromatic N) is 1. The first-order valence-electron chi connectivity index (χ1n) is 5.27. The SMILES string of the molecule is Fc1ccccc1COc1ncc(CCl)cc1Cl. The summed E-state index contributed by atoms with van der Waals surface area (Å²) in [5.74, 6) is 0.292. The van der Waals surface area contributed by atoms with E-state index in [1.54, 1.807) is 30.5 Å². The smallest absolute Gasteiger partial charge is 0.232 e. The Morgan fingerprint density at radius 1 is 1.28 bits per heavy atom. The summed E-state index contributed by atoms with van der Waals surface area (Å²) >= 11 is 11.6. The minimum Gasteiger partial charge on any atom is -0.472 e. The molecule has 5 heteroatoms. The maximum Gasteiger partial charge on any atom is 0.232 e. The van der Waals surface area contributed by atoms with E-state index in [0.717, 1.165) is 5.56 Å². The van der Waals surface area contributed by atoms with Crippen LogP contribution in [0.25, 0.3) is 0 Å². The topological polar surface area (TPSA) is 22.1 Å². The number of alkyl halides is 1. The van der Waals surface area contributed by atoms with Crippen molar-refractivity contribution in [1.29, 1.82) is 0 Å². The fraction of sp³-hybridized carbons (Fsp3) is 0.154. The van der Waals surface area contributed by atoms with Crippen molar-refractivity contribution in [3.05, 3.63) is 58.5 Å².